The van der Waals surface area contributed by atoms with Gasteiger partial charge in [-0.05, 0) is 45.3 Å². The predicted molar refractivity (Wildman–Crippen MR) is 122 cm³/mol. The molecule has 3 aromatic rings. The standard InChI is InChI=1S/C19H21N5O3.CH4O3S/c1-4-27-12-5-6-14-13(11-12)18-17-15(23(21-18)10-9-22(2)3)7-8-16(24(25)26)19(17)20-14;1-5(2,3)4/h5-8,11,20H,4,9-10H2,1-3H3;1H3,(H,2,3,4). The Labute approximate surface area is 185 Å². The van der Waals surface area contributed by atoms with Crippen molar-refractivity contribution in [1.29, 1.82) is 0 Å². The maximum Gasteiger partial charge on any atom is 0.293 e. The number of likely N-dealkylation sites (N-methyl/N-ethyl adjacent to an activating group) is 1. The summed E-state index contributed by atoms with van der Waals surface area (Å²) in [6, 6.07) is 9.00. The molecule has 11 nitrogen and oxygen atoms in total. The molecule has 0 saturated carbocycles. The molecule has 0 aliphatic carbocycles. The number of benzene rings is 2. The van der Waals surface area contributed by atoms with Crippen molar-refractivity contribution in [2.45, 2.75) is 13.5 Å². The number of rotatable bonds is 6. The largest absolute Gasteiger partial charge is 0.494 e. The van der Waals surface area contributed by atoms with Crippen LogP contribution in [0.15, 0.2) is 30.3 Å². The Balaban J connectivity index is 0.000000523. The lowest BCUT2D eigenvalue weighted by atomic mass is 9.99. The number of nitro benzene ring substituents is 1. The van der Waals surface area contributed by atoms with E-state index in [-0.39, 0.29) is 10.6 Å². The van der Waals surface area contributed by atoms with Crippen molar-refractivity contribution in [3.8, 4) is 17.0 Å². The molecule has 1 aliphatic rings. The molecule has 0 saturated heterocycles. The molecule has 0 radical (unpaired) electrons. The number of aromatic nitrogens is 2. The highest BCUT2D eigenvalue weighted by molar-refractivity contribution is 7.85. The van der Waals surface area contributed by atoms with Crippen molar-refractivity contribution < 1.29 is 22.6 Å². The average molecular weight is 464 g/mol. The van der Waals surface area contributed by atoms with E-state index < -0.39 is 10.1 Å². The Hall–Kier alpha value is -3.22. The van der Waals surface area contributed by atoms with Crippen LogP contribution < -0.4 is 10.1 Å². The molecule has 2 heterocycles. The minimum absolute atomic E-state index is 0.0513. The van der Waals surface area contributed by atoms with Crippen molar-refractivity contribution in [1.82, 2.24) is 14.7 Å². The predicted octanol–water partition coefficient (Wildman–Crippen LogP) is 3.13. The molecule has 2 N–H and O–H groups in total. The molecule has 1 aliphatic heterocycles. The molecule has 0 spiro atoms. The monoisotopic (exact) mass is 463 g/mol. The first-order valence-corrected chi connectivity index (χ1v) is 11.6. The molecule has 0 bridgehead atoms. The van der Waals surface area contributed by atoms with Gasteiger partial charge < -0.3 is 15.0 Å². The lowest BCUT2D eigenvalue weighted by molar-refractivity contribution is -0.383. The SMILES string of the molecule is CCOc1ccc2c(c1)-c1nn(CCN(C)C)c3ccc([N+](=O)[O-])c(c13)N2.CS(=O)(=O)O. The number of hydrogen-bond acceptors (Lipinski definition) is 8. The number of anilines is 2. The molecule has 0 unspecified atom stereocenters. The van der Waals surface area contributed by atoms with Gasteiger partial charge in [-0.25, -0.2) is 0 Å². The Bertz CT molecular complexity index is 1260. The summed E-state index contributed by atoms with van der Waals surface area (Å²) in [7, 11) is 0.346. The second kappa shape index (κ2) is 9.10. The van der Waals surface area contributed by atoms with Crippen molar-refractivity contribution in [2.75, 3.05) is 38.8 Å². The highest BCUT2D eigenvalue weighted by Crippen LogP contribution is 2.47. The fraction of sp³-hybridized carbons (Fsp3) is 0.350. The Morgan fingerprint density at radius 2 is 1.97 bits per heavy atom. The fourth-order valence-corrected chi connectivity index (χ4v) is 3.41. The minimum atomic E-state index is -3.67. The smallest absolute Gasteiger partial charge is 0.293 e. The van der Waals surface area contributed by atoms with E-state index in [1.54, 1.807) is 12.1 Å². The van der Waals surface area contributed by atoms with Gasteiger partial charge in [0.15, 0.2) is 0 Å². The van der Waals surface area contributed by atoms with Gasteiger partial charge in [0, 0.05) is 23.9 Å². The summed E-state index contributed by atoms with van der Waals surface area (Å²) in [6.45, 7) is 4.02. The first kappa shape index (κ1) is 23.4. The van der Waals surface area contributed by atoms with Crippen LogP contribution >= 0.6 is 0 Å². The zero-order valence-corrected chi connectivity index (χ0v) is 19.0. The van der Waals surface area contributed by atoms with Gasteiger partial charge in [0.05, 0.1) is 35.2 Å². The average Bonchev–Trinajstić information content (AvgIpc) is 3.06. The molecule has 0 amide bonds. The van der Waals surface area contributed by atoms with Crippen LogP contribution in [0.5, 0.6) is 5.75 Å². The van der Waals surface area contributed by atoms with Crippen LogP contribution in [0.25, 0.3) is 22.2 Å². The summed E-state index contributed by atoms with van der Waals surface area (Å²) >= 11 is 0. The second-order valence-corrected chi connectivity index (χ2v) is 8.95. The molecule has 172 valence electrons. The van der Waals surface area contributed by atoms with E-state index in [0.29, 0.717) is 25.1 Å². The lowest BCUT2D eigenvalue weighted by Crippen LogP contribution is -2.18. The van der Waals surface area contributed by atoms with Crippen molar-refractivity contribution in [2.24, 2.45) is 0 Å². The van der Waals surface area contributed by atoms with Crippen LogP contribution in [0.3, 0.4) is 0 Å². The minimum Gasteiger partial charge on any atom is -0.494 e. The zero-order valence-electron chi connectivity index (χ0n) is 18.2. The molecule has 4 rings (SSSR count). The van der Waals surface area contributed by atoms with Crippen LogP contribution in [-0.4, -0.2) is 66.1 Å². The number of fused-ring (bicyclic) bond motifs is 2. The Morgan fingerprint density at radius 3 is 2.56 bits per heavy atom. The highest BCUT2D eigenvalue weighted by atomic mass is 32.2. The van der Waals surface area contributed by atoms with Gasteiger partial charge in [-0.15, -0.1) is 0 Å². The fourth-order valence-electron chi connectivity index (χ4n) is 3.41. The number of ether oxygens (including phenoxy) is 1. The lowest BCUT2D eigenvalue weighted by Gasteiger charge is -2.18. The van der Waals surface area contributed by atoms with Gasteiger partial charge >= 0.3 is 0 Å². The van der Waals surface area contributed by atoms with E-state index in [1.807, 2.05) is 43.9 Å². The Kier molecular flexibility index (Phi) is 6.67. The molecular formula is C20H25N5O6S. The summed E-state index contributed by atoms with van der Waals surface area (Å²) in [6.07, 6.45) is 0.715. The van der Waals surface area contributed by atoms with Crippen LogP contribution in [0.4, 0.5) is 17.1 Å². The van der Waals surface area contributed by atoms with Gasteiger partial charge in [0.2, 0.25) is 0 Å². The molecule has 32 heavy (non-hydrogen) atoms. The van der Waals surface area contributed by atoms with Crippen LogP contribution in [0.2, 0.25) is 0 Å². The molecule has 1 aromatic heterocycles. The highest BCUT2D eigenvalue weighted by Gasteiger charge is 2.29. The van der Waals surface area contributed by atoms with Gasteiger partial charge in [-0.3, -0.25) is 19.3 Å². The van der Waals surface area contributed by atoms with Gasteiger partial charge in [-0.1, -0.05) is 0 Å². The number of nitrogens with zero attached hydrogens (tertiary/aromatic N) is 4. The molecule has 2 aromatic carbocycles. The molecule has 0 atom stereocenters. The Morgan fingerprint density at radius 1 is 1.28 bits per heavy atom. The summed E-state index contributed by atoms with van der Waals surface area (Å²) in [5, 5.41) is 20.4. The normalized spacial score (nSPS) is 12.1. The zero-order chi connectivity index (χ0) is 23.6. The second-order valence-electron chi connectivity index (χ2n) is 7.48. The third-order valence-electron chi connectivity index (χ3n) is 4.67. The van der Waals surface area contributed by atoms with Crippen LogP contribution in [-0.2, 0) is 16.7 Å². The van der Waals surface area contributed by atoms with E-state index in [9.17, 15) is 18.5 Å². The number of nitrogens with one attached hydrogen (secondary N) is 1. The summed E-state index contributed by atoms with van der Waals surface area (Å²) in [4.78, 5) is 13.3. The van der Waals surface area contributed by atoms with Crippen LogP contribution in [0, 0.1) is 10.1 Å². The van der Waals surface area contributed by atoms with E-state index in [2.05, 4.69) is 10.2 Å². The van der Waals surface area contributed by atoms with E-state index in [4.69, 9.17) is 14.4 Å². The van der Waals surface area contributed by atoms with Gasteiger partial charge in [-0.2, -0.15) is 13.5 Å². The van der Waals surface area contributed by atoms with Crippen molar-refractivity contribution >= 4 is 38.1 Å². The quantitative estimate of drug-likeness (QED) is 0.251. The van der Waals surface area contributed by atoms with E-state index in [0.717, 1.165) is 40.1 Å². The van der Waals surface area contributed by atoms with Crippen molar-refractivity contribution in [3.05, 3.63) is 40.4 Å². The number of hydrogen-bond donors (Lipinski definition) is 2. The van der Waals surface area contributed by atoms with E-state index in [1.165, 1.54) is 0 Å². The third-order valence-corrected chi connectivity index (χ3v) is 4.67. The number of nitro groups is 1. The summed E-state index contributed by atoms with van der Waals surface area (Å²) < 4.78 is 33.4. The van der Waals surface area contributed by atoms with Crippen molar-refractivity contribution in [3.63, 3.8) is 0 Å². The molecule has 0 fully saturated rings. The van der Waals surface area contributed by atoms with Gasteiger partial charge in [0.25, 0.3) is 15.8 Å². The van der Waals surface area contributed by atoms with E-state index >= 15 is 0 Å². The first-order valence-electron chi connectivity index (χ1n) is 9.79. The molecule has 12 heteroatoms. The van der Waals surface area contributed by atoms with Gasteiger partial charge in [0.1, 0.15) is 17.1 Å². The van der Waals surface area contributed by atoms with Crippen LogP contribution in [0.1, 0.15) is 6.92 Å². The molecular weight excluding hydrogens is 438 g/mol. The summed E-state index contributed by atoms with van der Waals surface area (Å²) in [5.74, 6) is 0.753. The maximum absolute atomic E-state index is 11.5. The topological polar surface area (TPSA) is 140 Å². The maximum atomic E-state index is 11.5. The third kappa shape index (κ3) is 5.15. The first-order chi connectivity index (χ1) is 15.0. The summed E-state index contributed by atoms with van der Waals surface area (Å²) in [5.41, 5.74) is 3.86.